The minimum atomic E-state index is 0.0449. The normalized spacial score (nSPS) is 25.2. The predicted octanol–water partition coefficient (Wildman–Crippen LogP) is 1.19. The fraction of sp³-hybridized carbons (Fsp3) is 0.615. The lowest BCUT2D eigenvalue weighted by atomic mass is 10.3. The Morgan fingerprint density at radius 3 is 2.89 bits per heavy atom. The molecular formula is C13H18N2O3S. The molecule has 1 unspecified atom stereocenters. The Balaban J connectivity index is 1.59. The fourth-order valence-corrected chi connectivity index (χ4v) is 3.60. The lowest BCUT2D eigenvalue weighted by Gasteiger charge is -2.30. The molecule has 2 aliphatic rings. The molecule has 3 heterocycles. The zero-order valence-electron chi connectivity index (χ0n) is 10.8. The Kier molecular flexibility index (Phi) is 4.10. The first-order valence-corrected chi connectivity index (χ1v) is 7.64. The van der Waals surface area contributed by atoms with E-state index in [0.29, 0.717) is 5.75 Å². The van der Waals surface area contributed by atoms with Gasteiger partial charge in [-0.2, -0.15) is 0 Å². The first kappa shape index (κ1) is 13.0. The average molecular weight is 282 g/mol. The van der Waals surface area contributed by atoms with E-state index in [1.165, 1.54) is 0 Å². The van der Waals surface area contributed by atoms with E-state index in [-0.39, 0.29) is 11.3 Å². The SMILES string of the molecule is O=C1CSC(c2ccco2)N1CCN1CCOCC1. The largest absolute Gasteiger partial charge is 0.466 e. The molecule has 1 atom stereocenters. The van der Waals surface area contributed by atoms with Crippen LogP contribution in [0.1, 0.15) is 11.1 Å². The summed E-state index contributed by atoms with van der Waals surface area (Å²) in [5.41, 5.74) is 0. The van der Waals surface area contributed by atoms with Crippen LogP contribution in [0.15, 0.2) is 22.8 Å². The van der Waals surface area contributed by atoms with Gasteiger partial charge in [0.15, 0.2) is 0 Å². The van der Waals surface area contributed by atoms with Crippen molar-refractivity contribution < 1.29 is 13.9 Å². The number of carbonyl (C=O) groups is 1. The molecule has 2 fully saturated rings. The average Bonchev–Trinajstić information content (AvgIpc) is 3.07. The zero-order chi connectivity index (χ0) is 13.1. The van der Waals surface area contributed by atoms with E-state index in [9.17, 15) is 4.79 Å². The van der Waals surface area contributed by atoms with E-state index in [0.717, 1.165) is 45.2 Å². The number of ether oxygens (including phenoxy) is 1. The van der Waals surface area contributed by atoms with Crippen molar-refractivity contribution in [3.63, 3.8) is 0 Å². The minimum Gasteiger partial charge on any atom is -0.466 e. The van der Waals surface area contributed by atoms with E-state index >= 15 is 0 Å². The van der Waals surface area contributed by atoms with Crippen LogP contribution in [0.5, 0.6) is 0 Å². The molecule has 19 heavy (non-hydrogen) atoms. The van der Waals surface area contributed by atoms with Gasteiger partial charge in [-0.3, -0.25) is 9.69 Å². The number of amides is 1. The smallest absolute Gasteiger partial charge is 0.233 e. The summed E-state index contributed by atoms with van der Waals surface area (Å²) in [6.45, 7) is 5.18. The van der Waals surface area contributed by atoms with E-state index in [4.69, 9.17) is 9.15 Å². The minimum absolute atomic E-state index is 0.0449. The lowest BCUT2D eigenvalue weighted by Crippen LogP contribution is -2.42. The maximum atomic E-state index is 12.0. The predicted molar refractivity (Wildman–Crippen MR) is 72.9 cm³/mol. The lowest BCUT2D eigenvalue weighted by molar-refractivity contribution is -0.128. The molecule has 0 radical (unpaired) electrons. The third-order valence-electron chi connectivity index (χ3n) is 3.52. The number of furan rings is 1. The summed E-state index contributed by atoms with van der Waals surface area (Å²) < 4.78 is 10.8. The molecule has 5 nitrogen and oxygen atoms in total. The molecule has 0 N–H and O–H groups in total. The van der Waals surface area contributed by atoms with E-state index < -0.39 is 0 Å². The van der Waals surface area contributed by atoms with Crippen LogP contribution in [0, 0.1) is 0 Å². The molecule has 1 aromatic heterocycles. The van der Waals surface area contributed by atoms with Gasteiger partial charge in [-0.25, -0.2) is 0 Å². The van der Waals surface area contributed by atoms with Crippen LogP contribution >= 0.6 is 11.8 Å². The summed E-state index contributed by atoms with van der Waals surface area (Å²) in [6.07, 6.45) is 1.67. The third kappa shape index (κ3) is 2.96. The van der Waals surface area contributed by atoms with E-state index in [1.807, 2.05) is 17.0 Å². The summed E-state index contributed by atoms with van der Waals surface area (Å²) in [4.78, 5) is 16.2. The van der Waals surface area contributed by atoms with Gasteiger partial charge in [-0.15, -0.1) is 11.8 Å². The van der Waals surface area contributed by atoms with Gasteiger partial charge >= 0.3 is 0 Å². The Hall–Kier alpha value is -0.980. The van der Waals surface area contributed by atoms with Crippen molar-refractivity contribution in [1.82, 2.24) is 9.80 Å². The summed E-state index contributed by atoms with van der Waals surface area (Å²) in [5.74, 6) is 1.63. The Morgan fingerprint density at radius 2 is 2.16 bits per heavy atom. The van der Waals surface area contributed by atoms with Gasteiger partial charge in [0.25, 0.3) is 0 Å². The molecule has 0 aliphatic carbocycles. The molecule has 2 aliphatic heterocycles. The highest BCUT2D eigenvalue weighted by Gasteiger charge is 2.34. The van der Waals surface area contributed by atoms with Crippen LogP contribution in [0.25, 0.3) is 0 Å². The van der Waals surface area contributed by atoms with Crippen LogP contribution in [-0.2, 0) is 9.53 Å². The summed E-state index contributed by atoms with van der Waals surface area (Å²) in [7, 11) is 0. The Bertz CT molecular complexity index is 418. The highest BCUT2D eigenvalue weighted by molar-refractivity contribution is 8.00. The highest BCUT2D eigenvalue weighted by atomic mass is 32.2. The van der Waals surface area contributed by atoms with Crippen LogP contribution in [0.3, 0.4) is 0 Å². The van der Waals surface area contributed by atoms with Gasteiger partial charge < -0.3 is 14.1 Å². The van der Waals surface area contributed by atoms with Crippen LogP contribution < -0.4 is 0 Å². The second kappa shape index (κ2) is 5.98. The van der Waals surface area contributed by atoms with Gasteiger partial charge in [0, 0.05) is 26.2 Å². The van der Waals surface area contributed by atoms with Crippen LogP contribution in [0.4, 0.5) is 0 Å². The van der Waals surface area contributed by atoms with E-state index in [1.54, 1.807) is 18.0 Å². The molecule has 1 amide bonds. The van der Waals surface area contributed by atoms with Crippen LogP contribution in [0.2, 0.25) is 0 Å². The second-order valence-electron chi connectivity index (χ2n) is 4.72. The first-order valence-electron chi connectivity index (χ1n) is 6.59. The number of hydrogen-bond acceptors (Lipinski definition) is 5. The first-order chi connectivity index (χ1) is 9.34. The summed E-state index contributed by atoms with van der Waals surface area (Å²) in [6, 6.07) is 3.82. The number of carbonyl (C=O) groups excluding carboxylic acids is 1. The van der Waals surface area contributed by atoms with Gasteiger partial charge in [0.1, 0.15) is 11.1 Å². The molecule has 104 valence electrons. The van der Waals surface area contributed by atoms with Crippen molar-refractivity contribution >= 4 is 17.7 Å². The van der Waals surface area contributed by atoms with Crippen LogP contribution in [-0.4, -0.2) is 60.9 Å². The van der Waals surface area contributed by atoms with Gasteiger partial charge in [-0.05, 0) is 12.1 Å². The van der Waals surface area contributed by atoms with Gasteiger partial charge in [-0.1, -0.05) is 0 Å². The molecule has 6 heteroatoms. The standard InChI is InChI=1S/C13H18N2O3S/c16-12-10-19-13(11-2-1-7-18-11)15(12)4-3-14-5-8-17-9-6-14/h1-2,7,13H,3-6,8-10H2. The summed E-state index contributed by atoms with van der Waals surface area (Å²) in [5, 5.41) is 0.0449. The number of rotatable bonds is 4. The molecular weight excluding hydrogens is 264 g/mol. The molecule has 0 spiro atoms. The van der Waals surface area contributed by atoms with Crippen molar-refractivity contribution in [2.24, 2.45) is 0 Å². The second-order valence-corrected chi connectivity index (χ2v) is 5.79. The van der Waals surface area contributed by atoms with Gasteiger partial charge in [0.2, 0.25) is 5.91 Å². The molecule has 2 saturated heterocycles. The Morgan fingerprint density at radius 1 is 1.32 bits per heavy atom. The van der Waals surface area contributed by atoms with Crippen molar-refractivity contribution in [2.75, 3.05) is 45.1 Å². The fourth-order valence-electron chi connectivity index (χ4n) is 2.44. The quantitative estimate of drug-likeness (QED) is 0.830. The number of thioether (sulfide) groups is 1. The molecule has 0 saturated carbocycles. The summed E-state index contributed by atoms with van der Waals surface area (Å²) >= 11 is 1.64. The molecule has 0 aromatic carbocycles. The van der Waals surface area contributed by atoms with Gasteiger partial charge in [0.05, 0.1) is 25.2 Å². The van der Waals surface area contributed by atoms with E-state index in [2.05, 4.69) is 4.90 Å². The number of morpholine rings is 1. The zero-order valence-corrected chi connectivity index (χ0v) is 11.6. The monoisotopic (exact) mass is 282 g/mol. The number of hydrogen-bond donors (Lipinski definition) is 0. The maximum absolute atomic E-state index is 12.0. The van der Waals surface area contributed by atoms with Crippen molar-refractivity contribution in [2.45, 2.75) is 5.37 Å². The van der Waals surface area contributed by atoms with Crippen molar-refractivity contribution in [3.05, 3.63) is 24.2 Å². The molecule has 1 aromatic rings. The number of nitrogens with zero attached hydrogens (tertiary/aromatic N) is 2. The highest BCUT2D eigenvalue weighted by Crippen LogP contribution is 2.38. The molecule has 3 rings (SSSR count). The maximum Gasteiger partial charge on any atom is 0.233 e. The molecule has 0 bridgehead atoms. The Labute approximate surface area is 116 Å². The van der Waals surface area contributed by atoms with Crippen molar-refractivity contribution in [1.29, 1.82) is 0 Å². The van der Waals surface area contributed by atoms with Crippen molar-refractivity contribution in [3.8, 4) is 0 Å². The third-order valence-corrected chi connectivity index (χ3v) is 4.73. The topological polar surface area (TPSA) is 45.9 Å².